The lowest BCUT2D eigenvalue weighted by atomic mass is 10.1. The standard InChI is InChI=1S/C14H17BrFN3S/c15-12-8(14(17)20)3-4-10(13(12)16)18-9-5-7-19-6-1-2-11(9)19/h3-4,9,11,18H,1-2,5-7H2,(H2,17,20). The summed E-state index contributed by atoms with van der Waals surface area (Å²) in [6.07, 6.45) is 3.51. The molecule has 2 heterocycles. The van der Waals surface area contributed by atoms with Gasteiger partial charge in [-0.2, -0.15) is 0 Å². The molecule has 2 atom stereocenters. The Bertz CT molecular complexity index is 551. The van der Waals surface area contributed by atoms with E-state index < -0.39 is 0 Å². The maximum atomic E-state index is 14.4. The summed E-state index contributed by atoms with van der Waals surface area (Å²) in [5, 5.41) is 3.36. The average Bonchev–Trinajstić information content (AvgIpc) is 2.99. The Morgan fingerprint density at radius 1 is 1.40 bits per heavy atom. The molecule has 108 valence electrons. The van der Waals surface area contributed by atoms with Crippen LogP contribution in [0, 0.1) is 5.82 Å². The Labute approximate surface area is 131 Å². The van der Waals surface area contributed by atoms with E-state index in [9.17, 15) is 4.39 Å². The summed E-state index contributed by atoms with van der Waals surface area (Å²) >= 11 is 8.16. The number of rotatable bonds is 3. The summed E-state index contributed by atoms with van der Waals surface area (Å²) in [6.45, 7) is 2.28. The van der Waals surface area contributed by atoms with E-state index in [-0.39, 0.29) is 10.8 Å². The van der Waals surface area contributed by atoms with Crippen molar-refractivity contribution in [3.63, 3.8) is 0 Å². The first-order chi connectivity index (χ1) is 9.58. The Morgan fingerprint density at radius 3 is 2.95 bits per heavy atom. The fraction of sp³-hybridized carbons (Fsp3) is 0.500. The molecule has 20 heavy (non-hydrogen) atoms. The summed E-state index contributed by atoms with van der Waals surface area (Å²) in [4.78, 5) is 2.69. The topological polar surface area (TPSA) is 41.3 Å². The molecule has 1 aromatic carbocycles. The number of thiocarbonyl (C=S) groups is 1. The van der Waals surface area contributed by atoms with Gasteiger partial charge < -0.3 is 11.1 Å². The zero-order valence-electron chi connectivity index (χ0n) is 11.0. The second-order valence-electron chi connectivity index (χ2n) is 5.44. The predicted octanol–water partition coefficient (Wildman–Crippen LogP) is 2.87. The van der Waals surface area contributed by atoms with E-state index in [4.69, 9.17) is 18.0 Å². The zero-order valence-corrected chi connectivity index (χ0v) is 13.4. The number of benzene rings is 1. The first-order valence-electron chi connectivity index (χ1n) is 6.86. The van der Waals surface area contributed by atoms with E-state index in [1.54, 1.807) is 12.1 Å². The van der Waals surface area contributed by atoms with Crippen molar-refractivity contribution < 1.29 is 4.39 Å². The molecule has 0 saturated carbocycles. The van der Waals surface area contributed by atoms with E-state index in [1.807, 2.05) is 0 Å². The number of halogens is 2. The van der Waals surface area contributed by atoms with Crippen LogP contribution in [0.5, 0.6) is 0 Å². The first-order valence-corrected chi connectivity index (χ1v) is 8.06. The van der Waals surface area contributed by atoms with Crippen LogP contribution >= 0.6 is 28.1 Å². The van der Waals surface area contributed by atoms with Crippen LogP contribution < -0.4 is 11.1 Å². The summed E-state index contributed by atoms with van der Waals surface area (Å²) in [5.74, 6) is -0.313. The lowest BCUT2D eigenvalue weighted by Gasteiger charge is -2.23. The van der Waals surface area contributed by atoms with Gasteiger partial charge in [-0.15, -0.1) is 0 Å². The van der Waals surface area contributed by atoms with Crippen LogP contribution in [-0.4, -0.2) is 35.1 Å². The van der Waals surface area contributed by atoms with E-state index in [0.29, 0.717) is 27.8 Å². The van der Waals surface area contributed by atoms with E-state index in [0.717, 1.165) is 13.0 Å². The summed E-state index contributed by atoms with van der Waals surface area (Å²) in [6, 6.07) is 4.36. The highest BCUT2D eigenvalue weighted by atomic mass is 79.9. The number of anilines is 1. The van der Waals surface area contributed by atoms with Crippen molar-refractivity contribution in [2.24, 2.45) is 5.73 Å². The molecule has 3 nitrogen and oxygen atoms in total. The van der Waals surface area contributed by atoms with Crippen LogP contribution in [0.1, 0.15) is 24.8 Å². The molecular weight excluding hydrogens is 341 g/mol. The van der Waals surface area contributed by atoms with Crippen LogP contribution in [0.3, 0.4) is 0 Å². The molecule has 0 bridgehead atoms. The molecule has 1 aromatic rings. The van der Waals surface area contributed by atoms with Crippen molar-refractivity contribution in [1.82, 2.24) is 4.90 Å². The van der Waals surface area contributed by atoms with Gasteiger partial charge in [0.15, 0.2) is 5.82 Å². The third-order valence-corrected chi connectivity index (χ3v) is 5.29. The normalized spacial score (nSPS) is 25.7. The Morgan fingerprint density at radius 2 is 2.20 bits per heavy atom. The molecule has 2 fully saturated rings. The van der Waals surface area contributed by atoms with Crippen LogP contribution in [0.25, 0.3) is 0 Å². The molecule has 0 amide bonds. The van der Waals surface area contributed by atoms with Crippen LogP contribution in [0.4, 0.5) is 10.1 Å². The largest absolute Gasteiger partial charge is 0.389 e. The number of hydrogen-bond donors (Lipinski definition) is 2. The second kappa shape index (κ2) is 5.58. The van der Waals surface area contributed by atoms with Crippen LogP contribution in [0.2, 0.25) is 0 Å². The third-order valence-electron chi connectivity index (χ3n) is 4.29. The van der Waals surface area contributed by atoms with Crippen molar-refractivity contribution in [3.8, 4) is 0 Å². The molecule has 0 radical (unpaired) electrons. The highest BCUT2D eigenvalue weighted by Gasteiger charge is 2.37. The van der Waals surface area contributed by atoms with Gasteiger partial charge in [-0.25, -0.2) is 4.39 Å². The fourth-order valence-corrected chi connectivity index (χ4v) is 4.16. The van der Waals surface area contributed by atoms with E-state index in [1.165, 1.54) is 19.4 Å². The highest BCUT2D eigenvalue weighted by molar-refractivity contribution is 9.10. The monoisotopic (exact) mass is 357 g/mol. The van der Waals surface area contributed by atoms with Gasteiger partial charge in [0.1, 0.15) is 4.99 Å². The third kappa shape index (κ3) is 2.44. The maximum absolute atomic E-state index is 14.4. The molecule has 2 saturated heterocycles. The van der Waals surface area contributed by atoms with Gasteiger partial charge in [-0.3, -0.25) is 4.90 Å². The number of nitrogens with one attached hydrogen (secondary N) is 1. The summed E-state index contributed by atoms with van der Waals surface area (Å²) in [5.41, 5.74) is 6.64. The number of fused-ring (bicyclic) bond motifs is 1. The lowest BCUT2D eigenvalue weighted by molar-refractivity contribution is 0.318. The quantitative estimate of drug-likeness (QED) is 0.816. The molecule has 2 aliphatic heterocycles. The molecular formula is C14H17BrFN3S. The van der Waals surface area contributed by atoms with Gasteiger partial charge >= 0.3 is 0 Å². The summed E-state index contributed by atoms with van der Waals surface area (Å²) in [7, 11) is 0. The first kappa shape index (κ1) is 14.2. The number of nitrogens with zero attached hydrogens (tertiary/aromatic N) is 1. The molecule has 0 aromatic heterocycles. The second-order valence-corrected chi connectivity index (χ2v) is 6.67. The Balaban J connectivity index is 1.81. The smallest absolute Gasteiger partial charge is 0.161 e. The van der Waals surface area contributed by atoms with Gasteiger partial charge in [-0.1, -0.05) is 12.2 Å². The Hall–Kier alpha value is -0.720. The number of hydrogen-bond acceptors (Lipinski definition) is 3. The van der Waals surface area contributed by atoms with E-state index >= 15 is 0 Å². The minimum Gasteiger partial charge on any atom is -0.389 e. The predicted molar refractivity (Wildman–Crippen MR) is 86.6 cm³/mol. The van der Waals surface area contributed by atoms with Gasteiger partial charge in [-0.05, 0) is 53.9 Å². The minimum atomic E-state index is -0.313. The summed E-state index contributed by atoms with van der Waals surface area (Å²) < 4.78 is 14.7. The zero-order chi connectivity index (χ0) is 14.3. The SMILES string of the molecule is NC(=S)c1ccc(NC2CCN3CCCC23)c(F)c1Br. The molecule has 3 N–H and O–H groups in total. The Kier molecular flexibility index (Phi) is 3.97. The van der Waals surface area contributed by atoms with Crippen molar-refractivity contribution in [3.05, 3.63) is 28.0 Å². The van der Waals surface area contributed by atoms with Crippen molar-refractivity contribution in [2.75, 3.05) is 18.4 Å². The average molecular weight is 358 g/mol. The van der Waals surface area contributed by atoms with Crippen LogP contribution in [-0.2, 0) is 0 Å². The maximum Gasteiger partial charge on any atom is 0.161 e. The minimum absolute atomic E-state index is 0.199. The molecule has 2 aliphatic rings. The molecule has 0 aliphatic carbocycles. The van der Waals surface area contributed by atoms with Gasteiger partial charge in [0.25, 0.3) is 0 Å². The van der Waals surface area contributed by atoms with Gasteiger partial charge in [0.05, 0.1) is 10.2 Å². The van der Waals surface area contributed by atoms with Crippen molar-refractivity contribution in [1.29, 1.82) is 0 Å². The van der Waals surface area contributed by atoms with Crippen molar-refractivity contribution in [2.45, 2.75) is 31.3 Å². The van der Waals surface area contributed by atoms with Gasteiger partial charge in [0, 0.05) is 24.2 Å². The fourth-order valence-electron chi connectivity index (χ4n) is 3.30. The van der Waals surface area contributed by atoms with Crippen molar-refractivity contribution >= 4 is 38.8 Å². The van der Waals surface area contributed by atoms with Gasteiger partial charge in [0.2, 0.25) is 0 Å². The number of nitrogens with two attached hydrogens (primary N) is 1. The van der Waals surface area contributed by atoms with E-state index in [2.05, 4.69) is 26.1 Å². The molecule has 2 unspecified atom stereocenters. The lowest BCUT2D eigenvalue weighted by Crippen LogP contribution is -2.34. The highest BCUT2D eigenvalue weighted by Crippen LogP contribution is 2.33. The molecule has 3 rings (SSSR count). The molecule has 6 heteroatoms. The van der Waals surface area contributed by atoms with Crippen LogP contribution in [0.15, 0.2) is 16.6 Å². The molecule has 0 spiro atoms.